The fourth-order valence-electron chi connectivity index (χ4n) is 3.12. The maximum Gasteiger partial charge on any atom is 0.188 e. The highest BCUT2D eigenvalue weighted by Gasteiger charge is 2.23. The lowest BCUT2D eigenvalue weighted by Gasteiger charge is -2.39. The van der Waals surface area contributed by atoms with Crippen LogP contribution in [0.3, 0.4) is 0 Å². The van der Waals surface area contributed by atoms with Crippen LogP contribution in [-0.2, 0) is 0 Å². The molecule has 5 heteroatoms. The fraction of sp³-hybridized carbons (Fsp3) is 0.923. The van der Waals surface area contributed by atoms with Crippen molar-refractivity contribution in [3.63, 3.8) is 0 Å². The van der Waals surface area contributed by atoms with Crippen LogP contribution in [0.5, 0.6) is 0 Å². The van der Waals surface area contributed by atoms with E-state index in [1.807, 2.05) is 4.90 Å². The van der Waals surface area contributed by atoms with E-state index in [4.69, 9.17) is 11.1 Å². The molecule has 2 rings (SSSR count). The average molecular weight is 253 g/mol. The first kappa shape index (κ1) is 13.6. The number of piperazine rings is 1. The van der Waals surface area contributed by atoms with Crippen LogP contribution in [0.4, 0.5) is 0 Å². The van der Waals surface area contributed by atoms with E-state index in [9.17, 15) is 0 Å². The first-order valence-corrected chi connectivity index (χ1v) is 7.22. The number of guanidine groups is 1. The second kappa shape index (κ2) is 6.38. The Bertz CT molecular complexity index is 273. The Hall–Kier alpha value is -0.810. The van der Waals surface area contributed by atoms with Crippen molar-refractivity contribution in [3.8, 4) is 0 Å². The van der Waals surface area contributed by atoms with Gasteiger partial charge in [0.25, 0.3) is 0 Å². The number of rotatable bonds is 3. The molecule has 2 aliphatic heterocycles. The Morgan fingerprint density at radius 1 is 1.17 bits per heavy atom. The summed E-state index contributed by atoms with van der Waals surface area (Å²) in [6, 6.07) is 0. The van der Waals surface area contributed by atoms with Crippen LogP contribution in [0.25, 0.3) is 0 Å². The number of likely N-dealkylation sites (tertiary alicyclic amines) is 1. The van der Waals surface area contributed by atoms with E-state index >= 15 is 0 Å². The third kappa shape index (κ3) is 3.59. The van der Waals surface area contributed by atoms with E-state index in [1.165, 1.54) is 39.0 Å². The summed E-state index contributed by atoms with van der Waals surface area (Å²) in [7, 11) is 0. The van der Waals surface area contributed by atoms with Gasteiger partial charge in [0.1, 0.15) is 0 Å². The minimum absolute atomic E-state index is 0.226. The van der Waals surface area contributed by atoms with Gasteiger partial charge in [0.15, 0.2) is 5.96 Å². The molecule has 0 saturated carbocycles. The predicted molar refractivity (Wildman–Crippen MR) is 74.8 cm³/mol. The summed E-state index contributed by atoms with van der Waals surface area (Å²) < 4.78 is 0. The van der Waals surface area contributed by atoms with Gasteiger partial charge in [-0.05, 0) is 31.8 Å². The summed E-state index contributed by atoms with van der Waals surface area (Å²) in [5.41, 5.74) is 5.52. The summed E-state index contributed by atoms with van der Waals surface area (Å²) in [6.07, 6.45) is 2.73. The molecule has 0 unspecified atom stereocenters. The molecule has 1 atom stereocenters. The molecule has 0 amide bonds. The maximum atomic E-state index is 7.44. The molecule has 0 aromatic heterocycles. The topological polar surface area (TPSA) is 59.6 Å². The molecule has 2 saturated heterocycles. The second-order valence-electron chi connectivity index (χ2n) is 5.57. The van der Waals surface area contributed by atoms with Crippen LogP contribution in [-0.4, -0.2) is 73.0 Å². The van der Waals surface area contributed by atoms with Crippen molar-refractivity contribution in [3.05, 3.63) is 0 Å². The molecule has 18 heavy (non-hydrogen) atoms. The van der Waals surface area contributed by atoms with Gasteiger partial charge in [-0.2, -0.15) is 0 Å². The van der Waals surface area contributed by atoms with Gasteiger partial charge in [0, 0.05) is 39.3 Å². The van der Waals surface area contributed by atoms with Crippen LogP contribution in [0.1, 0.15) is 19.8 Å². The summed E-state index contributed by atoms with van der Waals surface area (Å²) in [5.74, 6) is 1.06. The summed E-state index contributed by atoms with van der Waals surface area (Å²) in [6.45, 7) is 11.2. The van der Waals surface area contributed by atoms with Crippen LogP contribution < -0.4 is 5.73 Å². The Balaban J connectivity index is 1.72. The van der Waals surface area contributed by atoms with Crippen LogP contribution >= 0.6 is 0 Å². The van der Waals surface area contributed by atoms with Crippen molar-refractivity contribution in [1.29, 1.82) is 5.41 Å². The third-order valence-electron chi connectivity index (χ3n) is 4.28. The number of nitrogens with two attached hydrogens (primary N) is 1. The Kier molecular flexibility index (Phi) is 4.83. The number of piperidine rings is 1. The highest BCUT2D eigenvalue weighted by Crippen LogP contribution is 2.18. The van der Waals surface area contributed by atoms with E-state index < -0.39 is 0 Å². The molecule has 0 aliphatic carbocycles. The Morgan fingerprint density at radius 2 is 1.89 bits per heavy atom. The van der Waals surface area contributed by atoms with Gasteiger partial charge in [-0.25, -0.2) is 0 Å². The molecule has 0 spiro atoms. The van der Waals surface area contributed by atoms with E-state index in [-0.39, 0.29) is 5.96 Å². The highest BCUT2D eigenvalue weighted by molar-refractivity contribution is 5.74. The molecule has 0 radical (unpaired) electrons. The summed E-state index contributed by atoms with van der Waals surface area (Å²) in [5, 5.41) is 7.44. The van der Waals surface area contributed by atoms with E-state index in [2.05, 4.69) is 16.7 Å². The van der Waals surface area contributed by atoms with E-state index in [0.717, 1.165) is 32.1 Å². The van der Waals surface area contributed by atoms with Gasteiger partial charge in [0.2, 0.25) is 0 Å². The van der Waals surface area contributed by atoms with Crippen molar-refractivity contribution in [2.75, 3.05) is 52.4 Å². The van der Waals surface area contributed by atoms with Crippen LogP contribution in [0, 0.1) is 11.3 Å². The van der Waals surface area contributed by atoms with Crippen molar-refractivity contribution in [2.24, 2.45) is 11.7 Å². The molecule has 5 nitrogen and oxygen atoms in total. The minimum Gasteiger partial charge on any atom is -0.370 e. The standard InChI is InChI=1S/C13H27N5/c1-2-16-5-3-4-12(10-16)11-17-6-8-18(9-7-17)13(14)15/h12H,2-11H2,1H3,(H3,14,15)/t12-/m1/s1. The van der Waals surface area contributed by atoms with Crippen molar-refractivity contribution in [1.82, 2.24) is 14.7 Å². The average Bonchev–Trinajstić information content (AvgIpc) is 2.39. The van der Waals surface area contributed by atoms with Gasteiger partial charge >= 0.3 is 0 Å². The first-order chi connectivity index (χ1) is 8.69. The SMILES string of the molecule is CCN1CCC[C@@H](CN2CCN(C(=N)N)CC2)C1. The summed E-state index contributed by atoms with van der Waals surface area (Å²) in [4.78, 5) is 7.08. The van der Waals surface area contributed by atoms with Gasteiger partial charge in [0.05, 0.1) is 0 Å². The Labute approximate surface area is 110 Å². The smallest absolute Gasteiger partial charge is 0.188 e. The molecule has 0 aromatic rings. The molecule has 104 valence electrons. The van der Waals surface area contributed by atoms with Crippen molar-refractivity contribution < 1.29 is 0 Å². The summed E-state index contributed by atoms with van der Waals surface area (Å²) >= 11 is 0. The molecule has 3 N–H and O–H groups in total. The zero-order valence-electron chi connectivity index (χ0n) is 11.6. The molecule has 2 heterocycles. The zero-order chi connectivity index (χ0) is 13.0. The van der Waals surface area contributed by atoms with Gasteiger partial charge in [-0.3, -0.25) is 10.3 Å². The number of nitrogens with zero attached hydrogens (tertiary/aromatic N) is 3. The van der Waals surface area contributed by atoms with Gasteiger partial charge in [-0.15, -0.1) is 0 Å². The van der Waals surface area contributed by atoms with Crippen LogP contribution in [0.15, 0.2) is 0 Å². The quantitative estimate of drug-likeness (QED) is 0.558. The molecular formula is C13H27N5. The largest absolute Gasteiger partial charge is 0.370 e. The lowest BCUT2D eigenvalue weighted by Crippen LogP contribution is -2.52. The minimum atomic E-state index is 0.226. The normalized spacial score (nSPS) is 27.4. The Morgan fingerprint density at radius 3 is 2.50 bits per heavy atom. The molecule has 0 bridgehead atoms. The zero-order valence-corrected chi connectivity index (χ0v) is 11.6. The number of nitrogens with one attached hydrogen (secondary N) is 1. The third-order valence-corrected chi connectivity index (χ3v) is 4.28. The monoisotopic (exact) mass is 253 g/mol. The lowest BCUT2D eigenvalue weighted by molar-refractivity contribution is 0.112. The molecule has 2 aliphatic rings. The highest BCUT2D eigenvalue weighted by atomic mass is 15.3. The molecule has 2 fully saturated rings. The van der Waals surface area contributed by atoms with Crippen molar-refractivity contribution >= 4 is 5.96 Å². The molecule has 0 aromatic carbocycles. The number of hydrogen-bond donors (Lipinski definition) is 2. The van der Waals surface area contributed by atoms with Gasteiger partial charge < -0.3 is 15.5 Å². The number of hydrogen-bond acceptors (Lipinski definition) is 3. The van der Waals surface area contributed by atoms with Crippen LogP contribution in [0.2, 0.25) is 0 Å². The maximum absolute atomic E-state index is 7.44. The first-order valence-electron chi connectivity index (χ1n) is 7.22. The lowest BCUT2D eigenvalue weighted by atomic mass is 9.97. The van der Waals surface area contributed by atoms with Gasteiger partial charge in [-0.1, -0.05) is 6.92 Å². The van der Waals surface area contributed by atoms with E-state index in [0.29, 0.717) is 0 Å². The van der Waals surface area contributed by atoms with E-state index in [1.54, 1.807) is 0 Å². The molecular weight excluding hydrogens is 226 g/mol. The second-order valence-corrected chi connectivity index (χ2v) is 5.57. The predicted octanol–water partition coefficient (Wildman–Crippen LogP) is 0.229. The fourth-order valence-corrected chi connectivity index (χ4v) is 3.12. The van der Waals surface area contributed by atoms with Crippen molar-refractivity contribution in [2.45, 2.75) is 19.8 Å².